The quantitative estimate of drug-likeness (QED) is 0.727. The molecule has 16 heavy (non-hydrogen) atoms. The third-order valence-corrected chi connectivity index (χ3v) is 3.33. The van der Waals surface area contributed by atoms with Crippen molar-refractivity contribution in [2.75, 3.05) is 13.1 Å². The predicted molar refractivity (Wildman–Crippen MR) is 59.8 cm³/mol. The number of piperidine rings is 1. The molecule has 1 aliphatic heterocycles. The molecule has 1 amide bonds. The molecule has 3 N–H and O–H groups in total. The Balaban J connectivity index is 2.47. The van der Waals surface area contributed by atoms with Crippen molar-refractivity contribution in [2.45, 2.75) is 32.7 Å². The molecule has 1 aliphatic rings. The topological polar surface area (TPSA) is 83.6 Å². The summed E-state index contributed by atoms with van der Waals surface area (Å²) < 4.78 is 0. The van der Waals surface area contributed by atoms with E-state index in [2.05, 4.69) is 0 Å². The van der Waals surface area contributed by atoms with E-state index in [4.69, 9.17) is 10.8 Å². The third-order valence-electron chi connectivity index (χ3n) is 3.33. The van der Waals surface area contributed by atoms with Gasteiger partial charge in [-0.1, -0.05) is 6.92 Å². The Morgan fingerprint density at radius 3 is 2.19 bits per heavy atom. The highest BCUT2D eigenvalue weighted by molar-refractivity contribution is 5.79. The number of aliphatic carboxylic acids is 1. The van der Waals surface area contributed by atoms with Gasteiger partial charge in [-0.2, -0.15) is 0 Å². The lowest BCUT2D eigenvalue weighted by atomic mass is 9.95. The highest BCUT2D eigenvalue weighted by Gasteiger charge is 2.29. The second-order valence-electron chi connectivity index (χ2n) is 4.59. The number of nitrogens with zero attached hydrogens (tertiary/aromatic N) is 1. The molecule has 1 fully saturated rings. The number of nitrogens with two attached hydrogens (primary N) is 1. The summed E-state index contributed by atoms with van der Waals surface area (Å²) in [4.78, 5) is 24.4. The fourth-order valence-corrected chi connectivity index (χ4v) is 1.86. The van der Waals surface area contributed by atoms with E-state index >= 15 is 0 Å². The number of amides is 1. The molecule has 5 heteroatoms. The Labute approximate surface area is 95.6 Å². The fraction of sp³-hybridized carbons (Fsp3) is 0.818. The molecule has 1 saturated heterocycles. The van der Waals surface area contributed by atoms with Crippen LogP contribution in [0.2, 0.25) is 0 Å². The zero-order valence-corrected chi connectivity index (χ0v) is 9.85. The number of carboxylic acids is 1. The first-order valence-electron chi connectivity index (χ1n) is 5.70. The van der Waals surface area contributed by atoms with Crippen molar-refractivity contribution in [3.63, 3.8) is 0 Å². The Morgan fingerprint density at radius 2 is 1.81 bits per heavy atom. The van der Waals surface area contributed by atoms with Gasteiger partial charge < -0.3 is 15.7 Å². The molecule has 2 unspecified atom stereocenters. The molecule has 0 bridgehead atoms. The van der Waals surface area contributed by atoms with Crippen molar-refractivity contribution in [3.8, 4) is 0 Å². The van der Waals surface area contributed by atoms with E-state index in [1.54, 1.807) is 4.90 Å². The lowest BCUT2D eigenvalue weighted by molar-refractivity contribution is -0.146. The van der Waals surface area contributed by atoms with Gasteiger partial charge in [0, 0.05) is 19.1 Å². The molecular formula is C11H20N2O3. The maximum Gasteiger partial charge on any atom is 0.306 e. The van der Waals surface area contributed by atoms with E-state index in [1.165, 1.54) is 0 Å². The summed E-state index contributed by atoms with van der Waals surface area (Å²) in [6, 6.07) is -0.162. The number of hydrogen-bond acceptors (Lipinski definition) is 3. The van der Waals surface area contributed by atoms with Crippen LogP contribution >= 0.6 is 0 Å². The zero-order valence-electron chi connectivity index (χ0n) is 9.85. The summed E-state index contributed by atoms with van der Waals surface area (Å²) in [5.41, 5.74) is 5.68. The van der Waals surface area contributed by atoms with Gasteiger partial charge in [0.25, 0.3) is 0 Å². The Morgan fingerprint density at radius 1 is 1.31 bits per heavy atom. The van der Waals surface area contributed by atoms with Gasteiger partial charge in [-0.05, 0) is 19.8 Å². The monoisotopic (exact) mass is 228 g/mol. The van der Waals surface area contributed by atoms with Crippen molar-refractivity contribution < 1.29 is 14.7 Å². The Hall–Kier alpha value is -1.10. The van der Waals surface area contributed by atoms with Crippen LogP contribution in [0.25, 0.3) is 0 Å². The highest BCUT2D eigenvalue weighted by Crippen LogP contribution is 2.19. The molecule has 0 aromatic carbocycles. The molecule has 0 spiro atoms. The van der Waals surface area contributed by atoms with Crippen LogP contribution < -0.4 is 5.73 Å². The van der Waals surface area contributed by atoms with Gasteiger partial charge in [0.2, 0.25) is 5.91 Å². The van der Waals surface area contributed by atoms with Crippen LogP contribution in [0.5, 0.6) is 0 Å². The average molecular weight is 228 g/mol. The maximum atomic E-state index is 11.9. The van der Waals surface area contributed by atoms with E-state index in [1.807, 2.05) is 13.8 Å². The van der Waals surface area contributed by atoms with Crippen LogP contribution in [-0.4, -0.2) is 41.0 Å². The van der Waals surface area contributed by atoms with Crippen LogP contribution in [0.4, 0.5) is 0 Å². The molecule has 0 saturated carbocycles. The largest absolute Gasteiger partial charge is 0.481 e. The maximum absolute atomic E-state index is 11.9. The van der Waals surface area contributed by atoms with E-state index in [9.17, 15) is 9.59 Å². The SMILES string of the molecule is CC(N)C(C)C(=O)N1CCC(C(=O)O)CC1. The number of carbonyl (C=O) groups is 2. The van der Waals surface area contributed by atoms with Gasteiger partial charge in [0.05, 0.1) is 11.8 Å². The summed E-state index contributed by atoms with van der Waals surface area (Å²) in [6.07, 6.45) is 1.10. The molecule has 0 radical (unpaired) electrons. The van der Waals surface area contributed by atoms with Gasteiger partial charge in [-0.15, -0.1) is 0 Å². The minimum absolute atomic E-state index is 0.0406. The lowest BCUT2D eigenvalue weighted by Gasteiger charge is -2.32. The Kier molecular flexibility index (Phi) is 4.29. The van der Waals surface area contributed by atoms with Crippen LogP contribution in [0.1, 0.15) is 26.7 Å². The number of likely N-dealkylation sites (tertiary alicyclic amines) is 1. The van der Waals surface area contributed by atoms with Gasteiger partial charge in [0.1, 0.15) is 0 Å². The van der Waals surface area contributed by atoms with Crippen molar-refractivity contribution in [2.24, 2.45) is 17.6 Å². The first-order valence-corrected chi connectivity index (χ1v) is 5.70. The van der Waals surface area contributed by atoms with Crippen LogP contribution in [0.3, 0.4) is 0 Å². The van der Waals surface area contributed by atoms with E-state index in [0.717, 1.165) is 0 Å². The van der Waals surface area contributed by atoms with E-state index in [-0.39, 0.29) is 23.8 Å². The fourth-order valence-electron chi connectivity index (χ4n) is 1.86. The summed E-state index contributed by atoms with van der Waals surface area (Å²) in [6.45, 7) is 4.70. The van der Waals surface area contributed by atoms with Crippen molar-refractivity contribution in [1.82, 2.24) is 4.90 Å². The van der Waals surface area contributed by atoms with Crippen molar-refractivity contribution in [1.29, 1.82) is 0 Å². The molecule has 5 nitrogen and oxygen atoms in total. The molecule has 0 aromatic rings. The average Bonchev–Trinajstić information content (AvgIpc) is 2.27. The third kappa shape index (κ3) is 2.95. The molecule has 92 valence electrons. The minimum atomic E-state index is -0.757. The number of hydrogen-bond donors (Lipinski definition) is 2. The van der Waals surface area contributed by atoms with Gasteiger partial charge in [-0.3, -0.25) is 9.59 Å². The summed E-state index contributed by atoms with van der Waals surface area (Å²) in [5.74, 6) is -1.21. The molecule has 0 aliphatic carbocycles. The van der Waals surface area contributed by atoms with Crippen LogP contribution in [0, 0.1) is 11.8 Å². The van der Waals surface area contributed by atoms with Crippen LogP contribution in [0.15, 0.2) is 0 Å². The minimum Gasteiger partial charge on any atom is -0.481 e. The molecule has 0 aromatic heterocycles. The summed E-state index contributed by atoms with van der Waals surface area (Å²) in [7, 11) is 0. The van der Waals surface area contributed by atoms with Gasteiger partial charge >= 0.3 is 5.97 Å². The first kappa shape index (κ1) is 13.0. The lowest BCUT2D eigenvalue weighted by Crippen LogP contribution is -2.46. The standard InChI is InChI=1S/C11H20N2O3/c1-7(8(2)12)10(14)13-5-3-9(4-6-13)11(15)16/h7-9H,3-6,12H2,1-2H3,(H,15,16). The number of carbonyl (C=O) groups excluding carboxylic acids is 1. The molecule has 1 heterocycles. The first-order chi connectivity index (χ1) is 7.43. The highest BCUT2D eigenvalue weighted by atomic mass is 16.4. The van der Waals surface area contributed by atoms with E-state index < -0.39 is 5.97 Å². The smallest absolute Gasteiger partial charge is 0.306 e. The molecular weight excluding hydrogens is 208 g/mol. The second-order valence-corrected chi connectivity index (χ2v) is 4.59. The van der Waals surface area contributed by atoms with Crippen LogP contribution in [-0.2, 0) is 9.59 Å². The molecule has 2 atom stereocenters. The zero-order chi connectivity index (χ0) is 12.3. The normalized spacial score (nSPS) is 21.6. The van der Waals surface area contributed by atoms with Crippen molar-refractivity contribution >= 4 is 11.9 Å². The molecule has 1 rings (SSSR count). The van der Waals surface area contributed by atoms with Gasteiger partial charge in [0.15, 0.2) is 0 Å². The van der Waals surface area contributed by atoms with Crippen molar-refractivity contribution in [3.05, 3.63) is 0 Å². The van der Waals surface area contributed by atoms with Gasteiger partial charge in [-0.25, -0.2) is 0 Å². The Bertz CT molecular complexity index is 270. The summed E-state index contributed by atoms with van der Waals surface area (Å²) in [5, 5.41) is 8.84. The van der Waals surface area contributed by atoms with E-state index in [0.29, 0.717) is 25.9 Å². The predicted octanol–water partition coefficient (Wildman–Crippen LogP) is 0.293. The number of carboxylic acid groups (broad SMARTS) is 1. The second kappa shape index (κ2) is 5.30. The number of rotatable bonds is 3. The summed E-state index contributed by atoms with van der Waals surface area (Å²) >= 11 is 0.